The second-order valence-corrected chi connectivity index (χ2v) is 6.18. The van der Waals surface area contributed by atoms with Crippen LogP contribution < -0.4 is 0 Å². The minimum Gasteiger partial charge on any atom is -0.393 e. The first-order valence-corrected chi connectivity index (χ1v) is 7.40. The Hall–Kier alpha value is -1.02. The quantitative estimate of drug-likeness (QED) is 0.838. The zero-order valence-corrected chi connectivity index (χ0v) is 12.8. The molecule has 0 bridgehead atoms. The molecule has 2 heterocycles. The highest BCUT2D eigenvalue weighted by molar-refractivity contribution is 5.14. The summed E-state index contributed by atoms with van der Waals surface area (Å²) < 4.78 is 23.2. The van der Waals surface area contributed by atoms with Crippen molar-refractivity contribution in [2.45, 2.75) is 50.3 Å². The molecular weight excluding hydrogens is 288 g/mol. The fourth-order valence-corrected chi connectivity index (χ4v) is 2.96. The van der Waals surface area contributed by atoms with Crippen LogP contribution in [0.1, 0.15) is 19.4 Å². The zero-order valence-electron chi connectivity index (χ0n) is 12.8. The number of aliphatic hydroxyl groups is 2. The molecule has 6 heteroatoms. The number of aliphatic hydroxyl groups excluding tert-OH is 2. The molecule has 3 rings (SSSR count). The van der Waals surface area contributed by atoms with Crippen molar-refractivity contribution in [1.82, 2.24) is 0 Å². The lowest BCUT2D eigenvalue weighted by Crippen LogP contribution is -2.52. The maximum absolute atomic E-state index is 9.69. The SMILES string of the molecule is CC1(C)O[C@H]2OC(CO)(CO)C(OCc3ccccc3)[C@@H]2O1. The number of hydrogen-bond acceptors (Lipinski definition) is 6. The Morgan fingerprint density at radius 1 is 1.05 bits per heavy atom. The van der Waals surface area contributed by atoms with Crippen LogP contribution in [0, 0.1) is 0 Å². The van der Waals surface area contributed by atoms with Gasteiger partial charge in [-0.1, -0.05) is 30.3 Å². The fourth-order valence-electron chi connectivity index (χ4n) is 2.96. The maximum Gasteiger partial charge on any atom is 0.190 e. The van der Waals surface area contributed by atoms with Crippen LogP contribution in [0.15, 0.2) is 30.3 Å². The summed E-state index contributed by atoms with van der Waals surface area (Å²) in [6, 6.07) is 9.68. The average Bonchev–Trinajstić information content (AvgIpc) is 2.95. The van der Waals surface area contributed by atoms with Gasteiger partial charge in [0.05, 0.1) is 19.8 Å². The number of hydrogen-bond donors (Lipinski definition) is 2. The summed E-state index contributed by atoms with van der Waals surface area (Å²) in [6.45, 7) is 3.18. The molecule has 1 aromatic carbocycles. The minimum absolute atomic E-state index is 0.337. The van der Waals surface area contributed by atoms with E-state index in [1.165, 1.54) is 0 Å². The molecule has 2 aliphatic heterocycles. The predicted octanol–water partition coefficient (Wildman–Crippen LogP) is 0.803. The Kier molecular flexibility index (Phi) is 4.24. The first-order chi connectivity index (χ1) is 10.5. The Balaban J connectivity index is 1.77. The molecule has 2 saturated heterocycles. The van der Waals surface area contributed by atoms with Gasteiger partial charge in [0.15, 0.2) is 12.1 Å². The standard InChI is InChI=1S/C16H22O6/c1-15(2)20-12-13(19-8-11-6-4-3-5-7-11)16(9-17,10-18)22-14(12)21-15/h3-7,12-14,17-18H,8-10H2,1-2H3/t12-,13?,14-/m0/s1. The van der Waals surface area contributed by atoms with E-state index in [1.54, 1.807) is 13.8 Å². The second kappa shape index (κ2) is 5.88. The molecule has 22 heavy (non-hydrogen) atoms. The monoisotopic (exact) mass is 310 g/mol. The van der Waals surface area contributed by atoms with E-state index in [4.69, 9.17) is 18.9 Å². The van der Waals surface area contributed by atoms with Crippen LogP contribution in [0.2, 0.25) is 0 Å². The van der Waals surface area contributed by atoms with Crippen LogP contribution >= 0.6 is 0 Å². The highest BCUT2D eigenvalue weighted by atomic mass is 16.8. The molecule has 0 saturated carbocycles. The summed E-state index contributed by atoms with van der Waals surface area (Å²) in [5, 5.41) is 19.4. The molecule has 122 valence electrons. The third-order valence-electron chi connectivity index (χ3n) is 4.06. The van der Waals surface area contributed by atoms with E-state index in [2.05, 4.69) is 0 Å². The van der Waals surface area contributed by atoms with Gasteiger partial charge in [-0.15, -0.1) is 0 Å². The summed E-state index contributed by atoms with van der Waals surface area (Å²) in [6.07, 6.45) is -1.76. The smallest absolute Gasteiger partial charge is 0.190 e. The number of ether oxygens (including phenoxy) is 4. The van der Waals surface area contributed by atoms with Crippen molar-refractivity contribution in [1.29, 1.82) is 0 Å². The van der Waals surface area contributed by atoms with Gasteiger partial charge in [-0.05, 0) is 19.4 Å². The van der Waals surface area contributed by atoms with Crippen LogP contribution in [0.5, 0.6) is 0 Å². The minimum atomic E-state index is -1.22. The molecule has 2 fully saturated rings. The largest absolute Gasteiger partial charge is 0.393 e. The Bertz CT molecular complexity index is 499. The van der Waals surface area contributed by atoms with Crippen molar-refractivity contribution in [3.63, 3.8) is 0 Å². The highest BCUT2D eigenvalue weighted by Crippen LogP contribution is 2.43. The number of fused-ring (bicyclic) bond motifs is 1. The van der Waals surface area contributed by atoms with E-state index < -0.39 is 29.9 Å². The lowest BCUT2D eigenvalue weighted by atomic mass is 9.97. The van der Waals surface area contributed by atoms with Crippen molar-refractivity contribution < 1.29 is 29.2 Å². The number of benzene rings is 1. The molecule has 6 nitrogen and oxygen atoms in total. The third kappa shape index (κ3) is 2.78. The zero-order chi connectivity index (χ0) is 15.8. The van der Waals surface area contributed by atoms with Crippen molar-refractivity contribution in [3.8, 4) is 0 Å². The summed E-state index contributed by atoms with van der Waals surface area (Å²) in [5.74, 6) is -0.777. The molecular formula is C16H22O6. The van der Waals surface area contributed by atoms with Gasteiger partial charge < -0.3 is 29.2 Å². The van der Waals surface area contributed by atoms with E-state index in [0.29, 0.717) is 6.61 Å². The van der Waals surface area contributed by atoms with E-state index in [1.807, 2.05) is 30.3 Å². The molecule has 0 radical (unpaired) electrons. The van der Waals surface area contributed by atoms with Crippen molar-refractivity contribution >= 4 is 0 Å². The molecule has 0 amide bonds. The van der Waals surface area contributed by atoms with E-state index in [0.717, 1.165) is 5.56 Å². The molecule has 1 aromatic rings. The molecule has 0 spiro atoms. The summed E-state index contributed by atoms with van der Waals surface area (Å²) >= 11 is 0. The first-order valence-electron chi connectivity index (χ1n) is 7.40. The Morgan fingerprint density at radius 2 is 1.73 bits per heavy atom. The lowest BCUT2D eigenvalue weighted by Gasteiger charge is -2.33. The summed E-state index contributed by atoms with van der Waals surface area (Å²) in [4.78, 5) is 0. The van der Waals surface area contributed by atoms with Gasteiger partial charge in [-0.25, -0.2) is 0 Å². The Morgan fingerprint density at radius 3 is 2.36 bits per heavy atom. The van der Waals surface area contributed by atoms with Crippen molar-refractivity contribution in [2.75, 3.05) is 13.2 Å². The molecule has 2 N–H and O–H groups in total. The van der Waals surface area contributed by atoms with Crippen LogP contribution in [-0.2, 0) is 25.6 Å². The molecule has 0 aromatic heterocycles. The third-order valence-corrected chi connectivity index (χ3v) is 4.06. The lowest BCUT2D eigenvalue weighted by molar-refractivity contribution is -0.258. The maximum atomic E-state index is 9.69. The highest BCUT2D eigenvalue weighted by Gasteiger charge is 2.62. The van der Waals surface area contributed by atoms with Gasteiger partial charge in [-0.2, -0.15) is 0 Å². The molecule has 1 unspecified atom stereocenters. The second-order valence-electron chi connectivity index (χ2n) is 6.18. The van der Waals surface area contributed by atoms with Crippen LogP contribution in [0.3, 0.4) is 0 Å². The summed E-state index contributed by atoms with van der Waals surface area (Å²) in [5.41, 5.74) is -0.227. The topological polar surface area (TPSA) is 77.4 Å². The molecule has 3 atom stereocenters. The first kappa shape index (κ1) is 15.9. The van der Waals surface area contributed by atoms with Crippen LogP contribution in [0.25, 0.3) is 0 Å². The number of rotatable bonds is 5. The fraction of sp³-hybridized carbons (Fsp3) is 0.625. The van der Waals surface area contributed by atoms with Crippen LogP contribution in [0.4, 0.5) is 0 Å². The Labute approximate surface area is 129 Å². The van der Waals surface area contributed by atoms with Crippen molar-refractivity contribution in [3.05, 3.63) is 35.9 Å². The van der Waals surface area contributed by atoms with E-state index in [-0.39, 0.29) is 13.2 Å². The van der Waals surface area contributed by atoms with E-state index >= 15 is 0 Å². The predicted molar refractivity (Wildman–Crippen MR) is 76.8 cm³/mol. The molecule has 2 aliphatic rings. The molecule has 0 aliphatic carbocycles. The normalized spacial score (nSPS) is 32.1. The van der Waals surface area contributed by atoms with Gasteiger partial charge in [0.1, 0.15) is 17.8 Å². The van der Waals surface area contributed by atoms with Gasteiger partial charge in [-0.3, -0.25) is 0 Å². The van der Waals surface area contributed by atoms with Crippen LogP contribution in [-0.4, -0.2) is 53.3 Å². The van der Waals surface area contributed by atoms with Crippen molar-refractivity contribution in [2.24, 2.45) is 0 Å². The average molecular weight is 310 g/mol. The van der Waals surface area contributed by atoms with E-state index in [9.17, 15) is 10.2 Å². The van der Waals surface area contributed by atoms with Gasteiger partial charge in [0.25, 0.3) is 0 Å². The summed E-state index contributed by atoms with van der Waals surface area (Å²) in [7, 11) is 0. The van der Waals surface area contributed by atoms with Gasteiger partial charge >= 0.3 is 0 Å². The van der Waals surface area contributed by atoms with Gasteiger partial charge in [0, 0.05) is 0 Å². The van der Waals surface area contributed by atoms with Gasteiger partial charge in [0.2, 0.25) is 0 Å².